The first-order chi connectivity index (χ1) is 19.9. The Hall–Kier alpha value is -2.26. The van der Waals surface area contributed by atoms with Crippen LogP contribution in [0.5, 0.6) is 5.75 Å². The van der Waals surface area contributed by atoms with Crippen LogP contribution in [0.2, 0.25) is 0 Å². The third-order valence-electron chi connectivity index (χ3n) is 6.74. The minimum atomic E-state index is -4.29. The van der Waals surface area contributed by atoms with E-state index in [1.165, 1.54) is 24.3 Å². The van der Waals surface area contributed by atoms with Crippen LogP contribution in [0.3, 0.4) is 0 Å². The molecule has 43 heavy (non-hydrogen) atoms. The number of nitrogens with one attached hydrogen (secondary N) is 1. The number of rotatable bonds is 15. The molecule has 0 aliphatic carbocycles. The molecule has 2 rings (SSSR count). The number of nitrogens with zero attached hydrogens (tertiary/aromatic N) is 1. The van der Waals surface area contributed by atoms with Gasteiger partial charge in [0.1, 0.15) is 5.75 Å². The standard InChI is InChI=1S/C30H48N2O9P2/c1-11-38-42(36,39-12-2)28(43(37,40-13-3)41-14-4)26(21-15-17-23(18-16-21)32(34)35)31-25-20-22(29(5,6)7)19-24(27(25)33)30(8,9)10/h15-20,26,28,31,33H,11-14H2,1-10H3. The van der Waals surface area contributed by atoms with Gasteiger partial charge in [-0.1, -0.05) is 59.7 Å². The van der Waals surface area contributed by atoms with E-state index in [0.717, 1.165) is 5.56 Å². The number of anilines is 1. The van der Waals surface area contributed by atoms with Crippen molar-refractivity contribution in [3.63, 3.8) is 0 Å². The van der Waals surface area contributed by atoms with Crippen LogP contribution in [0.25, 0.3) is 0 Å². The first-order valence-corrected chi connectivity index (χ1v) is 17.8. The van der Waals surface area contributed by atoms with E-state index >= 15 is 0 Å². The van der Waals surface area contributed by atoms with Crippen molar-refractivity contribution in [2.45, 2.75) is 91.5 Å². The highest BCUT2D eigenvalue weighted by Crippen LogP contribution is 2.74. The summed E-state index contributed by atoms with van der Waals surface area (Å²) in [7, 11) is -8.59. The largest absolute Gasteiger partial charge is 0.505 e. The number of hydrogen-bond acceptors (Lipinski definition) is 10. The zero-order valence-corrected chi connectivity index (χ0v) is 28.8. The Bertz CT molecular complexity index is 1280. The highest BCUT2D eigenvalue weighted by Gasteiger charge is 2.56. The maximum atomic E-state index is 14.6. The predicted molar refractivity (Wildman–Crippen MR) is 170 cm³/mol. The van der Waals surface area contributed by atoms with Gasteiger partial charge in [0, 0.05) is 17.7 Å². The normalized spacial score (nSPS) is 13.7. The molecule has 0 amide bonds. The molecule has 0 aromatic heterocycles. The summed E-state index contributed by atoms with van der Waals surface area (Å²) in [6, 6.07) is 8.11. The van der Waals surface area contributed by atoms with Gasteiger partial charge in [0.15, 0.2) is 5.40 Å². The topological polar surface area (TPSA) is 146 Å². The highest BCUT2D eigenvalue weighted by atomic mass is 31.2. The van der Waals surface area contributed by atoms with Crippen LogP contribution in [0.4, 0.5) is 11.4 Å². The van der Waals surface area contributed by atoms with Crippen molar-refractivity contribution in [1.82, 2.24) is 0 Å². The molecule has 2 aromatic carbocycles. The fourth-order valence-electron chi connectivity index (χ4n) is 4.69. The molecule has 11 nitrogen and oxygen atoms in total. The maximum absolute atomic E-state index is 14.6. The molecule has 0 fully saturated rings. The molecule has 0 aliphatic rings. The molecule has 0 saturated carbocycles. The second-order valence-electron chi connectivity index (χ2n) is 12.1. The average Bonchev–Trinajstić information content (AvgIpc) is 2.88. The van der Waals surface area contributed by atoms with Crippen molar-refractivity contribution in [2.75, 3.05) is 31.7 Å². The van der Waals surface area contributed by atoms with Gasteiger partial charge in [0.25, 0.3) is 5.69 Å². The minimum absolute atomic E-state index is 0.0298. The summed E-state index contributed by atoms with van der Waals surface area (Å²) >= 11 is 0. The molecule has 0 saturated heterocycles. The lowest BCUT2D eigenvalue weighted by atomic mass is 9.79. The molecule has 0 spiro atoms. The molecule has 2 aromatic rings. The number of nitro groups is 1. The van der Waals surface area contributed by atoms with E-state index in [0.29, 0.717) is 11.1 Å². The van der Waals surface area contributed by atoms with Crippen LogP contribution in [0.15, 0.2) is 36.4 Å². The van der Waals surface area contributed by atoms with Gasteiger partial charge in [-0.25, -0.2) is 0 Å². The summed E-state index contributed by atoms with van der Waals surface area (Å²) in [6.45, 7) is 18.5. The molecule has 0 aliphatic heterocycles. The van der Waals surface area contributed by atoms with E-state index in [4.69, 9.17) is 18.1 Å². The van der Waals surface area contributed by atoms with Crippen LogP contribution in [0, 0.1) is 10.1 Å². The van der Waals surface area contributed by atoms with Crippen LogP contribution >= 0.6 is 15.2 Å². The molecule has 1 unspecified atom stereocenters. The summed E-state index contributed by atoms with van der Waals surface area (Å²) in [5, 5.41) is 24.8. The summed E-state index contributed by atoms with van der Waals surface area (Å²) in [5.41, 5.74) is 1.29. The Balaban J connectivity index is 3.04. The van der Waals surface area contributed by atoms with Gasteiger partial charge in [-0.2, -0.15) is 0 Å². The van der Waals surface area contributed by atoms with E-state index in [1.54, 1.807) is 33.8 Å². The molecule has 13 heteroatoms. The number of benzene rings is 2. The quantitative estimate of drug-likeness (QED) is 0.0835. The fourth-order valence-corrected chi connectivity index (χ4v) is 10.3. The van der Waals surface area contributed by atoms with Gasteiger partial charge in [-0.3, -0.25) is 19.2 Å². The van der Waals surface area contributed by atoms with Crippen molar-refractivity contribution in [1.29, 1.82) is 0 Å². The van der Waals surface area contributed by atoms with E-state index in [2.05, 4.69) is 5.32 Å². The molecule has 242 valence electrons. The number of phenols is 1. The number of nitro benzene ring substituents is 1. The van der Waals surface area contributed by atoms with Gasteiger partial charge < -0.3 is 28.5 Å². The van der Waals surface area contributed by atoms with Crippen LogP contribution in [-0.2, 0) is 38.1 Å². The number of hydrogen-bond donors (Lipinski definition) is 2. The zero-order chi connectivity index (χ0) is 32.8. The van der Waals surface area contributed by atoms with Crippen molar-refractivity contribution in [3.8, 4) is 5.75 Å². The SMILES string of the molecule is CCOP(=O)(OCC)C(C(Nc1cc(C(C)(C)C)cc(C(C)(C)C)c1O)c1ccc([N+](=O)[O-])cc1)P(=O)(OCC)OCC. The Kier molecular flexibility index (Phi) is 12.6. The van der Waals surface area contributed by atoms with E-state index in [1.807, 2.05) is 47.6 Å². The van der Waals surface area contributed by atoms with Crippen molar-refractivity contribution in [2.24, 2.45) is 0 Å². The zero-order valence-electron chi connectivity index (χ0n) is 27.0. The lowest BCUT2D eigenvalue weighted by Gasteiger charge is -2.37. The predicted octanol–water partition coefficient (Wildman–Crippen LogP) is 8.91. The van der Waals surface area contributed by atoms with E-state index in [9.17, 15) is 24.4 Å². The third-order valence-corrected chi connectivity index (χ3v) is 12.8. The van der Waals surface area contributed by atoms with Crippen molar-refractivity contribution < 1.29 is 37.3 Å². The van der Waals surface area contributed by atoms with Gasteiger partial charge in [0.2, 0.25) is 0 Å². The second kappa shape index (κ2) is 14.7. The molecular formula is C30H48N2O9P2. The number of aromatic hydroxyl groups is 1. The number of non-ortho nitro benzene ring substituents is 1. The van der Waals surface area contributed by atoms with Gasteiger partial charge in [-0.15, -0.1) is 0 Å². The molecule has 0 heterocycles. The van der Waals surface area contributed by atoms with Crippen LogP contribution < -0.4 is 5.32 Å². The summed E-state index contributed by atoms with van der Waals surface area (Å²) in [6.07, 6.45) is 0. The average molecular weight is 643 g/mol. The van der Waals surface area contributed by atoms with Crippen LogP contribution in [-0.4, -0.2) is 41.9 Å². The first-order valence-electron chi connectivity index (χ1n) is 14.5. The Morgan fingerprint density at radius 1 is 0.814 bits per heavy atom. The fraction of sp³-hybridized carbons (Fsp3) is 0.600. The summed E-state index contributed by atoms with van der Waals surface area (Å²) in [4.78, 5) is 10.9. The first kappa shape index (κ1) is 36.9. The summed E-state index contributed by atoms with van der Waals surface area (Å²) in [5.74, 6) is -0.0449. The summed E-state index contributed by atoms with van der Waals surface area (Å²) < 4.78 is 52.3. The van der Waals surface area contributed by atoms with E-state index < -0.39 is 37.0 Å². The molecule has 0 bridgehead atoms. The second-order valence-corrected chi connectivity index (χ2v) is 16.8. The van der Waals surface area contributed by atoms with Crippen molar-refractivity contribution >= 4 is 26.6 Å². The Morgan fingerprint density at radius 2 is 1.26 bits per heavy atom. The lowest BCUT2D eigenvalue weighted by Crippen LogP contribution is -2.30. The van der Waals surface area contributed by atoms with E-state index in [-0.39, 0.29) is 49.0 Å². The van der Waals surface area contributed by atoms with Crippen LogP contribution in [0.1, 0.15) is 92.0 Å². The molecular weight excluding hydrogens is 594 g/mol. The maximum Gasteiger partial charge on any atom is 0.348 e. The smallest absolute Gasteiger partial charge is 0.348 e. The Labute approximate surface area is 255 Å². The molecule has 2 N–H and O–H groups in total. The third kappa shape index (κ3) is 8.90. The number of phenolic OH excluding ortho intramolecular Hbond substituents is 1. The Morgan fingerprint density at radius 3 is 1.60 bits per heavy atom. The monoisotopic (exact) mass is 642 g/mol. The highest BCUT2D eigenvalue weighted by molar-refractivity contribution is 7.72. The van der Waals surface area contributed by atoms with Gasteiger partial charge in [-0.05, 0) is 55.7 Å². The van der Waals surface area contributed by atoms with Gasteiger partial charge in [0.05, 0.1) is 43.1 Å². The van der Waals surface area contributed by atoms with Crippen molar-refractivity contribution in [3.05, 3.63) is 63.2 Å². The molecule has 0 radical (unpaired) electrons. The lowest BCUT2D eigenvalue weighted by molar-refractivity contribution is -0.384. The minimum Gasteiger partial charge on any atom is -0.505 e. The molecule has 1 atom stereocenters. The van der Waals surface area contributed by atoms with Gasteiger partial charge >= 0.3 is 15.2 Å².